The molecule has 0 aromatic carbocycles. The van der Waals surface area contributed by atoms with Gasteiger partial charge in [0, 0.05) is 6.54 Å². The van der Waals surface area contributed by atoms with Gasteiger partial charge >= 0.3 is 5.97 Å². The van der Waals surface area contributed by atoms with Crippen LogP contribution < -0.4 is 5.32 Å². The number of carbonyl (C=O) groups is 2. The first-order valence-electron chi connectivity index (χ1n) is 6.04. The highest BCUT2D eigenvalue weighted by atomic mass is 16.4. The van der Waals surface area contributed by atoms with E-state index in [9.17, 15) is 14.7 Å². The van der Waals surface area contributed by atoms with Crippen molar-refractivity contribution in [3.63, 3.8) is 0 Å². The van der Waals surface area contributed by atoms with Crippen molar-refractivity contribution in [1.29, 1.82) is 0 Å². The van der Waals surface area contributed by atoms with E-state index >= 15 is 0 Å². The van der Waals surface area contributed by atoms with Crippen molar-refractivity contribution < 1.29 is 19.8 Å². The zero-order valence-electron chi connectivity index (χ0n) is 10.1. The minimum absolute atomic E-state index is 0.239. The average Bonchev–Trinajstić information content (AvgIpc) is 3.08. The number of carboxylic acid groups (broad SMARTS) is 1. The lowest BCUT2D eigenvalue weighted by Gasteiger charge is -2.11. The van der Waals surface area contributed by atoms with Crippen LogP contribution in [0, 0.1) is 23.2 Å². The molecule has 0 aromatic rings. The molecule has 5 heteroatoms. The lowest BCUT2D eigenvalue weighted by atomic mass is 10.1. The van der Waals surface area contributed by atoms with E-state index in [0.717, 1.165) is 12.8 Å². The van der Waals surface area contributed by atoms with Gasteiger partial charge in [-0.2, -0.15) is 0 Å². The van der Waals surface area contributed by atoms with Gasteiger partial charge in [0.15, 0.2) is 0 Å². The first-order chi connectivity index (χ1) is 7.85. The van der Waals surface area contributed by atoms with E-state index in [-0.39, 0.29) is 12.5 Å². The summed E-state index contributed by atoms with van der Waals surface area (Å²) in [4.78, 5) is 22.7. The Morgan fingerprint density at radius 2 is 1.94 bits per heavy atom. The van der Waals surface area contributed by atoms with E-state index < -0.39 is 29.3 Å². The predicted octanol–water partition coefficient (Wildman–Crippen LogP) is 0.230. The van der Waals surface area contributed by atoms with Gasteiger partial charge < -0.3 is 15.5 Å². The molecule has 2 aliphatic carbocycles. The van der Waals surface area contributed by atoms with Gasteiger partial charge in [-0.25, -0.2) is 0 Å². The smallest absolute Gasteiger partial charge is 0.307 e. The third-order valence-electron chi connectivity index (χ3n) is 4.03. The summed E-state index contributed by atoms with van der Waals surface area (Å²) in [6.07, 6.45) is 1.55. The zero-order valence-corrected chi connectivity index (χ0v) is 10.1. The number of aliphatic hydroxyl groups is 1. The number of aliphatic hydroxyl groups excluding tert-OH is 1. The number of hydrogen-bond donors (Lipinski definition) is 3. The van der Waals surface area contributed by atoms with Crippen molar-refractivity contribution in [2.75, 3.05) is 6.54 Å². The maximum atomic E-state index is 11.8. The van der Waals surface area contributed by atoms with Crippen molar-refractivity contribution in [2.24, 2.45) is 23.2 Å². The Morgan fingerprint density at radius 1 is 1.35 bits per heavy atom. The molecule has 5 nitrogen and oxygen atoms in total. The number of carboxylic acids is 1. The summed E-state index contributed by atoms with van der Waals surface area (Å²) in [5.74, 6) is -1.91. The highest BCUT2D eigenvalue weighted by molar-refractivity contribution is 5.91. The molecule has 2 rings (SSSR count). The Morgan fingerprint density at radius 3 is 2.35 bits per heavy atom. The van der Waals surface area contributed by atoms with Crippen LogP contribution in [0.3, 0.4) is 0 Å². The second kappa shape index (κ2) is 3.98. The Kier molecular flexibility index (Phi) is 2.89. The van der Waals surface area contributed by atoms with Crippen LogP contribution in [-0.2, 0) is 9.59 Å². The zero-order chi connectivity index (χ0) is 12.8. The predicted molar refractivity (Wildman–Crippen MR) is 60.1 cm³/mol. The van der Waals surface area contributed by atoms with E-state index in [2.05, 4.69) is 5.32 Å². The van der Waals surface area contributed by atoms with Crippen molar-refractivity contribution in [2.45, 2.75) is 32.8 Å². The molecule has 1 amide bonds. The monoisotopic (exact) mass is 241 g/mol. The summed E-state index contributed by atoms with van der Waals surface area (Å²) in [6.45, 7) is 3.81. The molecule has 2 fully saturated rings. The number of amides is 1. The molecule has 2 saturated carbocycles. The minimum Gasteiger partial charge on any atom is -0.481 e. The van der Waals surface area contributed by atoms with Crippen LogP contribution in [0.4, 0.5) is 0 Å². The SMILES string of the molecule is CC1(C)C(C(=O)O)C1C(=O)NCC(O)C1CC1. The van der Waals surface area contributed by atoms with Gasteiger partial charge in [-0.15, -0.1) is 0 Å². The third kappa shape index (κ3) is 2.29. The standard InChI is InChI=1S/C12H19NO4/c1-12(2)8(9(12)11(16)17)10(15)13-5-7(14)6-3-4-6/h6-9,14H,3-5H2,1-2H3,(H,13,15)(H,16,17). The summed E-state index contributed by atoms with van der Waals surface area (Å²) in [6, 6.07) is 0. The molecule has 0 aliphatic heterocycles. The molecule has 3 N–H and O–H groups in total. The maximum absolute atomic E-state index is 11.8. The van der Waals surface area contributed by atoms with E-state index in [4.69, 9.17) is 5.11 Å². The molecule has 0 saturated heterocycles. The lowest BCUT2D eigenvalue weighted by molar-refractivity contribution is -0.140. The fourth-order valence-corrected chi connectivity index (χ4v) is 2.55. The number of aliphatic carboxylic acids is 1. The summed E-state index contributed by atoms with van der Waals surface area (Å²) >= 11 is 0. The van der Waals surface area contributed by atoms with Crippen molar-refractivity contribution in [3.05, 3.63) is 0 Å². The van der Waals surface area contributed by atoms with E-state index in [1.54, 1.807) is 13.8 Å². The largest absolute Gasteiger partial charge is 0.481 e. The minimum atomic E-state index is -0.919. The molecular weight excluding hydrogens is 222 g/mol. The summed E-state index contributed by atoms with van der Waals surface area (Å²) in [7, 11) is 0. The number of carbonyl (C=O) groups excluding carboxylic acids is 1. The van der Waals surface area contributed by atoms with Crippen molar-refractivity contribution in [3.8, 4) is 0 Å². The van der Waals surface area contributed by atoms with Crippen LogP contribution in [0.2, 0.25) is 0 Å². The molecular formula is C12H19NO4. The van der Waals surface area contributed by atoms with Crippen LogP contribution in [0.5, 0.6) is 0 Å². The van der Waals surface area contributed by atoms with Crippen molar-refractivity contribution in [1.82, 2.24) is 5.32 Å². The molecule has 2 aliphatic rings. The van der Waals surface area contributed by atoms with Crippen LogP contribution >= 0.6 is 0 Å². The van der Waals surface area contributed by atoms with Gasteiger partial charge in [0.05, 0.1) is 17.9 Å². The van der Waals surface area contributed by atoms with Gasteiger partial charge in [-0.3, -0.25) is 9.59 Å². The van der Waals surface area contributed by atoms with Crippen LogP contribution in [0.15, 0.2) is 0 Å². The number of nitrogens with one attached hydrogen (secondary N) is 1. The average molecular weight is 241 g/mol. The van der Waals surface area contributed by atoms with Crippen LogP contribution in [-0.4, -0.2) is 34.7 Å². The highest BCUT2D eigenvalue weighted by Crippen LogP contribution is 2.58. The first-order valence-corrected chi connectivity index (χ1v) is 6.04. The van der Waals surface area contributed by atoms with Gasteiger partial charge in [-0.05, 0) is 24.2 Å². The number of rotatable bonds is 5. The van der Waals surface area contributed by atoms with Gasteiger partial charge in [0.1, 0.15) is 0 Å². The van der Waals surface area contributed by atoms with E-state index in [1.807, 2.05) is 0 Å². The van der Waals surface area contributed by atoms with E-state index in [1.165, 1.54) is 0 Å². The van der Waals surface area contributed by atoms with Gasteiger partial charge in [0.25, 0.3) is 0 Å². The molecule has 0 heterocycles. The molecule has 0 spiro atoms. The number of hydrogen-bond acceptors (Lipinski definition) is 3. The Labute approximate surface area is 100 Å². The lowest BCUT2D eigenvalue weighted by Crippen LogP contribution is -2.35. The van der Waals surface area contributed by atoms with Gasteiger partial charge in [0.2, 0.25) is 5.91 Å². The first kappa shape index (κ1) is 12.4. The molecule has 3 atom stereocenters. The Hall–Kier alpha value is -1.10. The molecule has 0 aromatic heterocycles. The third-order valence-corrected chi connectivity index (χ3v) is 4.03. The topological polar surface area (TPSA) is 86.6 Å². The molecule has 17 heavy (non-hydrogen) atoms. The summed E-state index contributed by atoms with van der Waals surface area (Å²) in [5, 5.41) is 21.2. The second-order valence-corrected chi connectivity index (χ2v) is 5.76. The van der Waals surface area contributed by atoms with Crippen LogP contribution in [0.25, 0.3) is 0 Å². The second-order valence-electron chi connectivity index (χ2n) is 5.76. The van der Waals surface area contributed by atoms with E-state index in [0.29, 0.717) is 5.92 Å². The summed E-state index contributed by atoms with van der Waals surface area (Å²) < 4.78 is 0. The van der Waals surface area contributed by atoms with Crippen LogP contribution in [0.1, 0.15) is 26.7 Å². The van der Waals surface area contributed by atoms with Crippen molar-refractivity contribution >= 4 is 11.9 Å². The summed E-state index contributed by atoms with van der Waals surface area (Å²) in [5.41, 5.74) is -0.472. The fourth-order valence-electron chi connectivity index (χ4n) is 2.55. The molecule has 3 unspecified atom stereocenters. The molecule has 0 radical (unpaired) electrons. The molecule has 0 bridgehead atoms. The Balaban J connectivity index is 1.82. The normalized spacial score (nSPS) is 31.7. The quantitative estimate of drug-likeness (QED) is 0.643. The highest BCUT2D eigenvalue weighted by Gasteiger charge is 2.65. The van der Waals surface area contributed by atoms with Gasteiger partial charge in [-0.1, -0.05) is 13.8 Å². The molecule has 96 valence electrons. The fraction of sp³-hybridized carbons (Fsp3) is 0.833. The Bertz CT molecular complexity index is 348. The maximum Gasteiger partial charge on any atom is 0.307 e.